The molecule has 0 saturated carbocycles. The van der Waals surface area contributed by atoms with E-state index in [0.717, 1.165) is 96.3 Å². The first-order chi connectivity index (χ1) is 27.8. The molecule has 0 spiro atoms. The number of hydrogen-bond donors (Lipinski definition) is 4. The molecule has 0 amide bonds. The van der Waals surface area contributed by atoms with Crippen LogP contribution in [0.15, 0.2) is 85.1 Å². The molecule has 4 N–H and O–H groups in total. The van der Waals surface area contributed by atoms with Crippen molar-refractivity contribution in [3.63, 3.8) is 0 Å². The van der Waals surface area contributed by atoms with Crippen molar-refractivity contribution in [3.05, 3.63) is 85.1 Å². The second kappa shape index (κ2) is 37.2. The van der Waals surface area contributed by atoms with Gasteiger partial charge in [0, 0.05) is 12.8 Å². The lowest BCUT2D eigenvalue weighted by Gasteiger charge is -2.39. The molecule has 1 aliphatic rings. The number of unbranched alkanes of at least 4 members (excludes halogenated alkanes) is 9. The zero-order valence-electron chi connectivity index (χ0n) is 35.0. The molecule has 0 radical (unpaired) electrons. The van der Waals surface area contributed by atoms with Crippen molar-refractivity contribution < 1.29 is 49.0 Å². The number of aliphatic hydroxyl groups excluding tert-OH is 4. The molecule has 6 atom stereocenters. The lowest BCUT2D eigenvalue weighted by molar-refractivity contribution is -0.305. The van der Waals surface area contributed by atoms with Crippen LogP contribution < -0.4 is 0 Å². The second-order valence-corrected chi connectivity index (χ2v) is 14.4. The minimum absolute atomic E-state index is 0.198. The number of carbonyl (C=O) groups is 2. The Morgan fingerprint density at radius 3 is 1.58 bits per heavy atom. The lowest BCUT2D eigenvalue weighted by atomic mass is 9.99. The zero-order chi connectivity index (χ0) is 41.6. The molecular weight excluding hydrogens is 725 g/mol. The van der Waals surface area contributed by atoms with Gasteiger partial charge in [0.15, 0.2) is 12.4 Å². The fourth-order valence-corrected chi connectivity index (χ4v) is 5.84. The molecule has 0 aromatic heterocycles. The van der Waals surface area contributed by atoms with Crippen molar-refractivity contribution in [2.45, 2.75) is 179 Å². The number of esters is 2. The maximum atomic E-state index is 12.7. The molecule has 57 heavy (non-hydrogen) atoms. The first-order valence-electron chi connectivity index (χ1n) is 21.7. The van der Waals surface area contributed by atoms with Crippen LogP contribution >= 0.6 is 0 Å². The van der Waals surface area contributed by atoms with E-state index in [9.17, 15) is 30.0 Å². The summed E-state index contributed by atoms with van der Waals surface area (Å²) in [6.45, 7) is 3.17. The summed E-state index contributed by atoms with van der Waals surface area (Å²) in [5, 5.41) is 40.0. The Kier molecular flexibility index (Phi) is 33.8. The van der Waals surface area contributed by atoms with Crippen molar-refractivity contribution in [1.29, 1.82) is 0 Å². The fourth-order valence-electron chi connectivity index (χ4n) is 5.84. The van der Waals surface area contributed by atoms with E-state index < -0.39 is 55.4 Å². The van der Waals surface area contributed by atoms with Gasteiger partial charge in [-0.05, 0) is 83.5 Å². The number of aliphatic hydroxyl groups is 4. The summed E-state index contributed by atoms with van der Waals surface area (Å²) < 4.78 is 22.1. The number of ether oxygens (including phenoxy) is 4. The van der Waals surface area contributed by atoms with Crippen molar-refractivity contribution in [3.8, 4) is 0 Å². The largest absolute Gasteiger partial charge is 0.462 e. The summed E-state index contributed by atoms with van der Waals surface area (Å²) in [4.78, 5) is 25.3. The molecule has 1 fully saturated rings. The van der Waals surface area contributed by atoms with Gasteiger partial charge >= 0.3 is 11.9 Å². The second-order valence-electron chi connectivity index (χ2n) is 14.4. The number of carbonyl (C=O) groups excluding carboxylic acids is 2. The van der Waals surface area contributed by atoms with Crippen molar-refractivity contribution in [2.24, 2.45) is 0 Å². The highest BCUT2D eigenvalue weighted by molar-refractivity contribution is 5.70. The highest BCUT2D eigenvalue weighted by Crippen LogP contribution is 2.22. The number of allylic oxidation sites excluding steroid dienone is 14. The maximum absolute atomic E-state index is 12.7. The van der Waals surface area contributed by atoms with Crippen molar-refractivity contribution in [2.75, 3.05) is 19.8 Å². The van der Waals surface area contributed by atoms with E-state index in [4.69, 9.17) is 18.9 Å². The number of hydrogen-bond acceptors (Lipinski definition) is 10. The third kappa shape index (κ3) is 28.9. The Bertz CT molecular complexity index is 1200. The first-order valence-corrected chi connectivity index (χ1v) is 21.7. The van der Waals surface area contributed by atoms with Crippen LogP contribution in [0.2, 0.25) is 0 Å². The molecule has 0 bridgehead atoms. The summed E-state index contributed by atoms with van der Waals surface area (Å²) in [5.41, 5.74) is 0. The van der Waals surface area contributed by atoms with E-state index in [2.05, 4.69) is 98.9 Å². The minimum atomic E-state index is -1.61. The van der Waals surface area contributed by atoms with Gasteiger partial charge in [-0.25, -0.2) is 0 Å². The fraction of sp³-hybridized carbons (Fsp3) is 0.660. The van der Waals surface area contributed by atoms with E-state index in [1.54, 1.807) is 0 Å². The molecule has 0 aromatic carbocycles. The Labute approximate surface area is 344 Å². The molecule has 0 aliphatic carbocycles. The predicted octanol–water partition coefficient (Wildman–Crippen LogP) is 8.99. The van der Waals surface area contributed by atoms with Crippen LogP contribution in [0.1, 0.15) is 142 Å². The summed E-state index contributed by atoms with van der Waals surface area (Å²) in [5.74, 6) is -0.873. The van der Waals surface area contributed by atoms with Crippen LogP contribution in [0, 0.1) is 0 Å². The summed E-state index contributed by atoms with van der Waals surface area (Å²) in [6.07, 6.45) is 40.1. The van der Waals surface area contributed by atoms with E-state index >= 15 is 0 Å². The molecule has 0 aromatic rings. The molecular formula is C47H76O10. The van der Waals surface area contributed by atoms with Gasteiger partial charge in [0.05, 0.1) is 13.2 Å². The van der Waals surface area contributed by atoms with Crippen molar-refractivity contribution in [1.82, 2.24) is 0 Å². The Morgan fingerprint density at radius 1 is 0.561 bits per heavy atom. The Hall–Kier alpha value is -3.12. The van der Waals surface area contributed by atoms with Gasteiger partial charge in [-0.15, -0.1) is 0 Å². The molecule has 2 unspecified atom stereocenters. The summed E-state index contributed by atoms with van der Waals surface area (Å²) >= 11 is 0. The van der Waals surface area contributed by atoms with Crippen LogP contribution in [0.5, 0.6) is 0 Å². The lowest BCUT2D eigenvalue weighted by Crippen LogP contribution is -2.59. The monoisotopic (exact) mass is 801 g/mol. The van der Waals surface area contributed by atoms with E-state index in [-0.39, 0.29) is 26.1 Å². The van der Waals surface area contributed by atoms with Crippen LogP contribution in [0.25, 0.3) is 0 Å². The highest BCUT2D eigenvalue weighted by atomic mass is 16.7. The minimum Gasteiger partial charge on any atom is -0.462 e. The zero-order valence-corrected chi connectivity index (χ0v) is 35.0. The molecule has 324 valence electrons. The number of rotatable bonds is 34. The SMILES string of the molecule is CC/C=C/C/C=C/C/C=C/CCCCCCCC(=O)O[C@@H](COC(=O)CCCCC/C=C/C/C=C/C/C=C/C/C=C/CCC)CO[C@H]1O[C@@H](CO)[C@@H](O)C(O)C1O. The first kappa shape index (κ1) is 51.9. The van der Waals surface area contributed by atoms with Crippen LogP contribution in [0.4, 0.5) is 0 Å². The van der Waals surface area contributed by atoms with E-state index in [1.165, 1.54) is 6.42 Å². The average molecular weight is 801 g/mol. The Morgan fingerprint density at radius 2 is 1.04 bits per heavy atom. The third-order valence-corrected chi connectivity index (χ3v) is 9.25. The van der Waals surface area contributed by atoms with Crippen LogP contribution in [-0.2, 0) is 28.5 Å². The van der Waals surface area contributed by atoms with Gasteiger partial charge in [0.25, 0.3) is 0 Å². The van der Waals surface area contributed by atoms with E-state index in [0.29, 0.717) is 12.8 Å². The molecule has 1 saturated heterocycles. The highest BCUT2D eigenvalue weighted by Gasteiger charge is 2.44. The molecule has 1 rings (SSSR count). The molecule has 1 aliphatic heterocycles. The summed E-state index contributed by atoms with van der Waals surface area (Å²) in [6, 6.07) is 0. The van der Waals surface area contributed by atoms with Gasteiger partial charge in [0.2, 0.25) is 0 Å². The van der Waals surface area contributed by atoms with Gasteiger partial charge in [-0.2, -0.15) is 0 Å². The van der Waals surface area contributed by atoms with Gasteiger partial charge in [-0.1, -0.05) is 131 Å². The molecule has 10 heteroatoms. The quantitative estimate of drug-likeness (QED) is 0.0282. The van der Waals surface area contributed by atoms with Gasteiger partial charge < -0.3 is 39.4 Å². The predicted molar refractivity (Wildman–Crippen MR) is 228 cm³/mol. The van der Waals surface area contributed by atoms with Crippen molar-refractivity contribution >= 4 is 11.9 Å². The Balaban J connectivity index is 2.39. The topological polar surface area (TPSA) is 152 Å². The van der Waals surface area contributed by atoms with E-state index in [1.807, 2.05) is 0 Å². The molecule has 1 heterocycles. The molecule has 10 nitrogen and oxygen atoms in total. The summed E-state index contributed by atoms with van der Waals surface area (Å²) in [7, 11) is 0. The smallest absolute Gasteiger partial charge is 0.306 e. The third-order valence-electron chi connectivity index (χ3n) is 9.25. The average Bonchev–Trinajstić information content (AvgIpc) is 3.21. The van der Waals surface area contributed by atoms with Crippen LogP contribution in [0.3, 0.4) is 0 Å². The maximum Gasteiger partial charge on any atom is 0.306 e. The standard InChI is InChI=1S/C47H76O10/c1-3-5-7-9-11-13-15-17-19-20-22-23-25-27-29-31-33-35-42(49)54-38-40(39-55-47-46(53)45(52)44(51)41(37-48)57-47)56-43(50)36-34-32-30-28-26-24-21-18-16-14-12-10-8-6-4-2/h6-9,12-15,18-21,23,25,40-41,44-48,51-53H,3-5,10-11,16-17,22,24,26-39H2,1-2H3/b8-6+,9-7+,14-12+,15-13+,20-19+,21-18+,25-23+/t40-,41-,44+,45?,46?,47-/m0/s1. The van der Waals surface area contributed by atoms with Gasteiger partial charge in [-0.3, -0.25) is 9.59 Å². The van der Waals surface area contributed by atoms with Crippen LogP contribution in [-0.4, -0.2) is 89.0 Å². The normalized spacial score (nSPS) is 21.1. The van der Waals surface area contributed by atoms with Gasteiger partial charge in [0.1, 0.15) is 31.0 Å².